The van der Waals surface area contributed by atoms with Crippen LogP contribution in [0.15, 0.2) is 35.9 Å². The van der Waals surface area contributed by atoms with Gasteiger partial charge in [0.2, 0.25) is 0 Å². The summed E-state index contributed by atoms with van der Waals surface area (Å²) in [7, 11) is 0. The second-order valence-electron chi connectivity index (χ2n) is 8.65. The number of piperidine rings is 1. The summed E-state index contributed by atoms with van der Waals surface area (Å²) in [6.07, 6.45) is 4.89. The van der Waals surface area contributed by atoms with E-state index < -0.39 is 6.04 Å². The predicted molar refractivity (Wildman–Crippen MR) is 141 cm³/mol. The SMILES string of the molecule is CC(=O)SC1CCN(C(C(=O)C2CC2)c2ccccc2F)C/C1=C/CN1CCSCC1.Cl.Cl. The number of nitrogens with zero attached hydrogens (tertiary/aromatic N) is 2. The van der Waals surface area contributed by atoms with Gasteiger partial charge in [-0.15, -0.1) is 24.8 Å². The molecule has 9 heteroatoms. The minimum absolute atomic E-state index is 0. The number of hydrogen-bond donors (Lipinski definition) is 0. The van der Waals surface area contributed by atoms with Gasteiger partial charge in [-0.3, -0.25) is 19.4 Å². The van der Waals surface area contributed by atoms with E-state index in [0.29, 0.717) is 18.7 Å². The number of carbonyl (C=O) groups excluding carboxylic acids is 2. The number of benzene rings is 1. The van der Waals surface area contributed by atoms with Crippen molar-refractivity contribution in [3.63, 3.8) is 0 Å². The number of ketones is 1. The summed E-state index contributed by atoms with van der Waals surface area (Å²) < 4.78 is 14.7. The molecule has 2 heterocycles. The summed E-state index contributed by atoms with van der Waals surface area (Å²) in [5, 5.41) is 0.267. The molecule has 1 aliphatic carbocycles. The maximum Gasteiger partial charge on any atom is 0.186 e. The largest absolute Gasteiger partial charge is 0.298 e. The fraction of sp³-hybridized carbons (Fsp3) is 0.583. The highest BCUT2D eigenvalue weighted by Crippen LogP contribution is 2.40. The zero-order valence-corrected chi connectivity index (χ0v) is 22.2. The molecule has 4 nitrogen and oxygen atoms in total. The van der Waals surface area contributed by atoms with Crippen molar-refractivity contribution in [3.05, 3.63) is 47.3 Å². The molecular formula is C24H33Cl2FN2O2S2. The first-order valence-corrected chi connectivity index (χ1v) is 13.2. The van der Waals surface area contributed by atoms with E-state index in [1.54, 1.807) is 19.1 Å². The lowest BCUT2D eigenvalue weighted by atomic mass is 9.93. The highest BCUT2D eigenvalue weighted by atomic mass is 35.5. The standard InChI is InChI=1S/C24H31FN2O2S2.2ClH/c1-17(28)31-22-9-11-27(16-19(22)8-10-26-12-14-30-15-13-26)23(24(29)18-6-7-18)20-4-2-3-5-21(20)25;;/h2-5,8,18,22-23H,6-7,9-16H2,1H3;2*1H/b19-8-;;. The average Bonchev–Trinajstić information content (AvgIpc) is 3.61. The third-order valence-electron chi connectivity index (χ3n) is 6.32. The summed E-state index contributed by atoms with van der Waals surface area (Å²) >= 11 is 3.39. The Morgan fingerprint density at radius 2 is 1.85 bits per heavy atom. The Morgan fingerprint density at radius 1 is 1.15 bits per heavy atom. The number of thioether (sulfide) groups is 2. The Balaban J connectivity index is 0.00000193. The molecule has 2 unspecified atom stereocenters. The fourth-order valence-electron chi connectivity index (χ4n) is 4.48. The molecule has 0 aromatic heterocycles. The normalized spacial score (nSPS) is 23.9. The van der Waals surface area contributed by atoms with Crippen LogP contribution in [-0.4, -0.2) is 70.2 Å². The number of Topliss-reactive ketones (excluding diaryl/α,β-unsaturated/α-hetero) is 1. The van der Waals surface area contributed by atoms with E-state index in [-0.39, 0.29) is 52.7 Å². The summed E-state index contributed by atoms with van der Waals surface area (Å²) in [6.45, 7) is 5.97. The fourth-order valence-corrected chi connectivity index (χ4v) is 6.41. The van der Waals surface area contributed by atoms with Crippen LogP contribution in [0.3, 0.4) is 0 Å². The van der Waals surface area contributed by atoms with Gasteiger partial charge in [-0.2, -0.15) is 11.8 Å². The lowest BCUT2D eigenvalue weighted by molar-refractivity contribution is -0.126. The first kappa shape index (κ1) is 28.7. The van der Waals surface area contributed by atoms with Gasteiger partial charge in [0.25, 0.3) is 0 Å². The van der Waals surface area contributed by atoms with Gasteiger partial charge in [0.05, 0.1) is 6.04 Å². The van der Waals surface area contributed by atoms with E-state index >= 15 is 0 Å². The van der Waals surface area contributed by atoms with E-state index in [9.17, 15) is 14.0 Å². The van der Waals surface area contributed by atoms with Gasteiger partial charge in [0.1, 0.15) is 5.82 Å². The van der Waals surface area contributed by atoms with Crippen LogP contribution in [-0.2, 0) is 9.59 Å². The lowest BCUT2D eigenvalue weighted by Crippen LogP contribution is -2.43. The van der Waals surface area contributed by atoms with E-state index in [2.05, 4.69) is 15.9 Å². The van der Waals surface area contributed by atoms with Gasteiger partial charge < -0.3 is 0 Å². The van der Waals surface area contributed by atoms with Crippen LogP contribution in [0.25, 0.3) is 0 Å². The molecule has 0 amide bonds. The molecule has 3 fully saturated rings. The third kappa shape index (κ3) is 7.71. The van der Waals surface area contributed by atoms with E-state index in [0.717, 1.165) is 50.4 Å². The number of hydrogen-bond acceptors (Lipinski definition) is 6. The van der Waals surface area contributed by atoms with Crippen molar-refractivity contribution in [2.45, 2.75) is 37.5 Å². The monoisotopic (exact) mass is 534 g/mol. The Morgan fingerprint density at radius 3 is 2.48 bits per heavy atom. The van der Waals surface area contributed by atoms with Crippen molar-refractivity contribution in [2.75, 3.05) is 44.2 Å². The van der Waals surface area contributed by atoms with Crippen molar-refractivity contribution >= 4 is 59.2 Å². The summed E-state index contributed by atoms with van der Waals surface area (Å²) in [5.74, 6) is 2.22. The molecule has 33 heavy (non-hydrogen) atoms. The zero-order chi connectivity index (χ0) is 21.8. The number of rotatable bonds is 7. The quantitative estimate of drug-likeness (QED) is 0.457. The van der Waals surface area contributed by atoms with Crippen LogP contribution < -0.4 is 0 Å². The van der Waals surface area contributed by atoms with Gasteiger partial charge in [-0.1, -0.05) is 36.0 Å². The molecule has 4 rings (SSSR count). The minimum atomic E-state index is -0.535. The average molecular weight is 536 g/mol. The van der Waals surface area contributed by atoms with Crippen LogP contribution in [0.1, 0.15) is 37.8 Å². The second kappa shape index (κ2) is 13.5. The maximum absolute atomic E-state index is 14.7. The van der Waals surface area contributed by atoms with Crippen molar-refractivity contribution in [1.29, 1.82) is 0 Å². The number of carbonyl (C=O) groups is 2. The Bertz CT molecular complexity index is 848. The van der Waals surface area contributed by atoms with E-state index in [1.807, 2.05) is 17.8 Å². The van der Waals surface area contributed by atoms with Crippen molar-refractivity contribution in [2.24, 2.45) is 5.92 Å². The van der Waals surface area contributed by atoms with E-state index in [4.69, 9.17) is 0 Å². The van der Waals surface area contributed by atoms with Crippen molar-refractivity contribution in [3.8, 4) is 0 Å². The Hall–Kier alpha value is -0.570. The van der Waals surface area contributed by atoms with Gasteiger partial charge >= 0.3 is 0 Å². The van der Waals surface area contributed by atoms with Crippen LogP contribution in [0.2, 0.25) is 0 Å². The molecule has 2 atom stereocenters. The highest BCUT2D eigenvalue weighted by Gasteiger charge is 2.41. The third-order valence-corrected chi connectivity index (χ3v) is 8.41. The summed E-state index contributed by atoms with van der Waals surface area (Å²) in [6, 6.07) is 6.16. The van der Waals surface area contributed by atoms with Gasteiger partial charge in [0, 0.05) is 67.9 Å². The summed E-state index contributed by atoms with van der Waals surface area (Å²) in [4.78, 5) is 29.7. The molecule has 2 saturated heterocycles. The topological polar surface area (TPSA) is 40.6 Å². The molecule has 3 aliphatic rings. The van der Waals surface area contributed by atoms with Gasteiger partial charge in [0.15, 0.2) is 10.9 Å². The molecular weight excluding hydrogens is 502 g/mol. The van der Waals surface area contributed by atoms with E-state index in [1.165, 1.54) is 23.4 Å². The number of halogens is 3. The van der Waals surface area contributed by atoms with Crippen LogP contribution in [0.4, 0.5) is 4.39 Å². The second-order valence-corrected chi connectivity index (χ2v) is 11.3. The van der Waals surface area contributed by atoms with Crippen LogP contribution in [0, 0.1) is 11.7 Å². The number of likely N-dealkylation sites (tertiary alicyclic amines) is 1. The molecule has 1 aromatic carbocycles. The van der Waals surface area contributed by atoms with Crippen LogP contribution in [0.5, 0.6) is 0 Å². The Labute approximate surface area is 217 Å². The maximum atomic E-state index is 14.7. The van der Waals surface area contributed by atoms with Crippen molar-refractivity contribution < 1.29 is 14.0 Å². The molecule has 0 bridgehead atoms. The predicted octanol–water partition coefficient (Wildman–Crippen LogP) is 5.02. The summed E-state index contributed by atoms with van der Waals surface area (Å²) in [5.41, 5.74) is 1.69. The molecule has 184 valence electrons. The molecule has 0 spiro atoms. The van der Waals surface area contributed by atoms with Crippen LogP contribution >= 0.6 is 48.3 Å². The van der Waals surface area contributed by atoms with Crippen molar-refractivity contribution in [1.82, 2.24) is 9.80 Å². The molecule has 0 radical (unpaired) electrons. The molecule has 1 aromatic rings. The first-order chi connectivity index (χ1) is 15.0. The van der Waals surface area contributed by atoms with Gasteiger partial charge in [-0.05, 0) is 30.9 Å². The molecule has 1 saturated carbocycles. The Kier molecular flexibility index (Phi) is 11.7. The first-order valence-electron chi connectivity index (χ1n) is 11.2. The zero-order valence-electron chi connectivity index (χ0n) is 18.9. The molecule has 0 N–H and O–H groups in total. The minimum Gasteiger partial charge on any atom is -0.298 e. The smallest absolute Gasteiger partial charge is 0.186 e. The highest BCUT2D eigenvalue weighted by molar-refractivity contribution is 8.14. The van der Waals surface area contributed by atoms with Gasteiger partial charge in [-0.25, -0.2) is 4.39 Å². The molecule has 2 aliphatic heterocycles. The lowest BCUT2D eigenvalue weighted by Gasteiger charge is -2.39.